The minimum absolute atomic E-state index is 0.216. The van der Waals surface area contributed by atoms with Gasteiger partial charge in [-0.25, -0.2) is 16.8 Å². The topological polar surface area (TPSA) is 88.5 Å². The molecule has 1 aromatic rings. The molecule has 0 bridgehead atoms. The smallest absolute Gasteiger partial charge is 0.502 e. The Morgan fingerprint density at radius 2 is 1.27 bits per heavy atom. The first kappa shape index (κ1) is 18.5. The van der Waals surface area contributed by atoms with E-state index in [1.165, 1.54) is 0 Å². The zero-order valence-corrected chi connectivity index (χ0v) is 12.0. The van der Waals surface area contributed by atoms with E-state index in [0.29, 0.717) is 0 Å². The van der Waals surface area contributed by atoms with Crippen molar-refractivity contribution < 1.29 is 48.3 Å². The predicted molar refractivity (Wildman–Crippen MR) is 59.3 cm³/mol. The van der Waals surface area contributed by atoms with Crippen LogP contribution in [0, 0.1) is 6.92 Å². The van der Waals surface area contributed by atoms with Crippen molar-refractivity contribution in [2.45, 2.75) is 27.7 Å². The summed E-state index contributed by atoms with van der Waals surface area (Å²) in [7, 11) is -12.3. The molecule has 0 aromatic heterocycles. The minimum atomic E-state index is -6.24. The third kappa shape index (κ3) is 2.86. The maximum atomic E-state index is 12.4. The van der Waals surface area contributed by atoms with E-state index >= 15 is 0 Å². The fourth-order valence-electron chi connectivity index (χ4n) is 1.33. The number of aryl methyl sites for hydroxylation is 1. The van der Waals surface area contributed by atoms with E-state index in [4.69, 9.17) is 0 Å². The maximum absolute atomic E-state index is 12.4. The summed E-state index contributed by atoms with van der Waals surface area (Å²) in [6.45, 7) is 0.750. The van der Waals surface area contributed by atoms with E-state index in [-0.39, 0.29) is 12.1 Å². The van der Waals surface area contributed by atoms with Crippen molar-refractivity contribution in [3.63, 3.8) is 0 Å². The van der Waals surface area contributed by atoms with Crippen LogP contribution in [0.15, 0.2) is 21.9 Å². The van der Waals surface area contributed by atoms with Crippen molar-refractivity contribution >= 4 is 19.7 Å². The molecule has 0 saturated carbocycles. The van der Waals surface area contributed by atoms with Crippen LogP contribution in [0.1, 0.15) is 5.56 Å². The van der Waals surface area contributed by atoms with E-state index in [0.717, 1.165) is 6.92 Å². The van der Waals surface area contributed by atoms with Crippen LogP contribution in [0.3, 0.4) is 0 Å². The summed E-state index contributed by atoms with van der Waals surface area (Å²) in [4.78, 5) is -3.69. The highest BCUT2D eigenvalue weighted by molar-refractivity contribution is 7.93. The normalized spacial score (nSPS) is 14.1. The van der Waals surface area contributed by atoms with Gasteiger partial charge in [0, 0.05) is 0 Å². The Labute approximate surface area is 120 Å². The van der Waals surface area contributed by atoms with Crippen LogP contribution in [0.2, 0.25) is 0 Å². The second-order valence-corrected chi connectivity index (χ2v) is 7.84. The average Bonchev–Trinajstić information content (AvgIpc) is 2.28. The molecule has 5 nitrogen and oxygen atoms in total. The van der Waals surface area contributed by atoms with Crippen LogP contribution < -0.4 is 0 Å². The molecule has 0 aliphatic rings. The molecular weight excluding hydrogens is 366 g/mol. The van der Waals surface area contributed by atoms with Crippen molar-refractivity contribution in [1.29, 1.82) is 0 Å². The van der Waals surface area contributed by atoms with Gasteiger partial charge in [-0.1, -0.05) is 0 Å². The molecule has 0 spiro atoms. The van der Waals surface area contributed by atoms with Crippen LogP contribution in [-0.2, 0) is 19.7 Å². The largest absolute Gasteiger partial charge is 0.506 e. The molecule has 0 amide bonds. The second kappa shape index (κ2) is 5.01. The van der Waals surface area contributed by atoms with Crippen molar-refractivity contribution in [3.05, 3.63) is 17.7 Å². The molecule has 0 saturated heterocycles. The molecule has 0 aliphatic heterocycles. The van der Waals surface area contributed by atoms with E-state index in [9.17, 15) is 48.3 Å². The van der Waals surface area contributed by atoms with Crippen LogP contribution >= 0.6 is 0 Å². The van der Waals surface area contributed by atoms with Gasteiger partial charge in [0.05, 0.1) is 4.90 Å². The van der Waals surface area contributed by atoms with Crippen molar-refractivity contribution in [3.8, 4) is 5.75 Å². The molecule has 0 heterocycles. The van der Waals surface area contributed by atoms with Crippen LogP contribution in [-0.4, -0.2) is 33.0 Å². The Morgan fingerprint density at radius 1 is 0.864 bits per heavy atom. The highest BCUT2D eigenvalue weighted by Gasteiger charge is 2.51. The summed E-state index contributed by atoms with van der Waals surface area (Å²) in [6, 6.07) is -0.165. The van der Waals surface area contributed by atoms with Gasteiger partial charge in [0.15, 0.2) is 0 Å². The molecule has 1 N–H and O–H groups in total. The molecule has 1 rings (SSSR count). The molecule has 0 atom stereocenters. The van der Waals surface area contributed by atoms with Gasteiger partial charge >= 0.3 is 11.0 Å². The number of phenolic OH excluding ortho intramolecular Hbond substituents is 1. The SMILES string of the molecule is Cc1cc(S(=O)(=O)C(F)(F)F)cc(S(=O)(=O)C(F)(F)F)c1O. The number of alkyl halides is 6. The van der Waals surface area contributed by atoms with E-state index in [1.807, 2.05) is 0 Å². The Bertz CT molecular complexity index is 804. The summed E-state index contributed by atoms with van der Waals surface area (Å²) >= 11 is 0. The maximum Gasteiger partial charge on any atom is 0.502 e. The molecule has 22 heavy (non-hydrogen) atoms. The van der Waals surface area contributed by atoms with Crippen LogP contribution in [0.5, 0.6) is 5.75 Å². The summed E-state index contributed by atoms with van der Waals surface area (Å²) < 4.78 is 119. The number of sulfone groups is 2. The fourth-order valence-corrected chi connectivity index (χ4v) is 3.23. The first-order valence-corrected chi connectivity index (χ1v) is 7.96. The number of phenols is 1. The van der Waals surface area contributed by atoms with Crippen molar-refractivity contribution in [2.75, 3.05) is 0 Å². The van der Waals surface area contributed by atoms with Crippen LogP contribution in [0.25, 0.3) is 0 Å². The highest BCUT2D eigenvalue weighted by Crippen LogP contribution is 2.40. The zero-order valence-electron chi connectivity index (χ0n) is 10.3. The van der Waals surface area contributed by atoms with E-state index in [1.54, 1.807) is 0 Å². The summed E-state index contributed by atoms with van der Waals surface area (Å²) in [5.74, 6) is -1.49. The second-order valence-electron chi connectivity index (χ2n) is 3.99. The van der Waals surface area contributed by atoms with Gasteiger partial charge in [-0.15, -0.1) is 0 Å². The van der Waals surface area contributed by atoms with E-state index < -0.39 is 51.8 Å². The monoisotopic (exact) mass is 372 g/mol. The molecule has 126 valence electrons. The Kier molecular flexibility index (Phi) is 4.22. The average molecular weight is 372 g/mol. The number of hydrogen-bond acceptors (Lipinski definition) is 5. The standard InChI is InChI=1S/C9H6F6O5S2/c1-4-2-5(21(17,18)8(10,11)12)3-6(7(4)16)22(19,20)9(13,14)15/h2-3,16H,1H3. The molecule has 0 radical (unpaired) electrons. The lowest BCUT2D eigenvalue weighted by Crippen LogP contribution is -2.26. The Balaban J connectivity index is 3.82. The van der Waals surface area contributed by atoms with E-state index in [2.05, 4.69) is 0 Å². The van der Waals surface area contributed by atoms with Gasteiger partial charge in [-0.05, 0) is 24.6 Å². The predicted octanol–water partition coefficient (Wildman–Crippen LogP) is 2.29. The van der Waals surface area contributed by atoms with Crippen LogP contribution in [0.4, 0.5) is 26.3 Å². The van der Waals surface area contributed by atoms with Gasteiger partial charge in [-0.3, -0.25) is 0 Å². The molecule has 13 heteroatoms. The van der Waals surface area contributed by atoms with Crippen molar-refractivity contribution in [1.82, 2.24) is 0 Å². The van der Waals surface area contributed by atoms with Gasteiger partial charge < -0.3 is 5.11 Å². The Hall–Kier alpha value is -1.50. The number of halogens is 6. The first-order chi connectivity index (χ1) is 9.53. The fraction of sp³-hybridized carbons (Fsp3) is 0.333. The molecule has 0 fully saturated rings. The van der Waals surface area contributed by atoms with Gasteiger partial charge in [0.2, 0.25) is 0 Å². The number of rotatable bonds is 2. The number of benzene rings is 1. The molecule has 0 unspecified atom stereocenters. The Morgan fingerprint density at radius 3 is 1.64 bits per heavy atom. The lowest BCUT2D eigenvalue weighted by atomic mass is 10.2. The summed E-state index contributed by atoms with van der Waals surface area (Å²) in [5.41, 5.74) is -12.6. The van der Waals surface area contributed by atoms with Gasteiger partial charge in [0.1, 0.15) is 10.6 Å². The molecular formula is C9H6F6O5S2. The lowest BCUT2D eigenvalue weighted by Gasteiger charge is -2.14. The lowest BCUT2D eigenvalue weighted by molar-refractivity contribution is -0.0439. The zero-order chi connectivity index (χ0) is 17.7. The molecule has 1 aromatic carbocycles. The van der Waals surface area contributed by atoms with Gasteiger partial charge in [-0.2, -0.15) is 26.3 Å². The summed E-state index contributed by atoms with van der Waals surface area (Å²) in [5, 5.41) is 9.33. The quantitative estimate of drug-likeness (QED) is 0.805. The number of hydrogen-bond donors (Lipinski definition) is 1. The highest BCUT2D eigenvalue weighted by atomic mass is 32.2. The summed E-state index contributed by atoms with van der Waals surface area (Å²) in [6.07, 6.45) is 0. The third-order valence-electron chi connectivity index (χ3n) is 2.45. The number of aromatic hydroxyl groups is 1. The first-order valence-electron chi connectivity index (χ1n) is 5.00. The van der Waals surface area contributed by atoms with Gasteiger partial charge in [0.25, 0.3) is 19.7 Å². The van der Waals surface area contributed by atoms with Crippen molar-refractivity contribution in [2.24, 2.45) is 0 Å². The third-order valence-corrected chi connectivity index (χ3v) is 5.41. The molecule has 0 aliphatic carbocycles. The minimum Gasteiger partial charge on any atom is -0.506 e.